The van der Waals surface area contributed by atoms with E-state index < -0.39 is 11.6 Å². The van der Waals surface area contributed by atoms with E-state index in [0.29, 0.717) is 23.1 Å². The van der Waals surface area contributed by atoms with Gasteiger partial charge in [-0.2, -0.15) is 0 Å². The Morgan fingerprint density at radius 1 is 1.37 bits per heavy atom. The largest absolute Gasteiger partial charge is 0.313 e. The van der Waals surface area contributed by atoms with Crippen molar-refractivity contribution in [1.82, 2.24) is 10.2 Å². The molecule has 0 aliphatic carbocycles. The maximum absolute atomic E-state index is 14.0. The monoisotopic (exact) mass is 332 g/mol. The van der Waals surface area contributed by atoms with Gasteiger partial charge in [0.15, 0.2) is 0 Å². The van der Waals surface area contributed by atoms with Crippen molar-refractivity contribution < 1.29 is 8.78 Å². The van der Waals surface area contributed by atoms with Crippen LogP contribution in [0.5, 0.6) is 0 Å². The fourth-order valence-electron chi connectivity index (χ4n) is 2.45. The molecule has 1 aliphatic heterocycles. The zero-order valence-corrected chi connectivity index (χ0v) is 12.8. The van der Waals surface area contributed by atoms with E-state index in [1.165, 1.54) is 12.1 Å². The molecule has 1 heterocycles. The first-order chi connectivity index (χ1) is 8.99. The molecule has 1 aliphatic rings. The summed E-state index contributed by atoms with van der Waals surface area (Å²) in [5.74, 6) is -0.963. The van der Waals surface area contributed by atoms with Crippen LogP contribution in [0.1, 0.15) is 25.8 Å². The topological polar surface area (TPSA) is 15.3 Å². The van der Waals surface area contributed by atoms with Gasteiger partial charge < -0.3 is 5.32 Å². The molecule has 1 N–H and O–H groups in total. The predicted molar refractivity (Wildman–Crippen MR) is 76.0 cm³/mol. The lowest BCUT2D eigenvalue weighted by Gasteiger charge is -2.28. The maximum Gasteiger partial charge on any atom is 0.144 e. The molecule has 0 radical (unpaired) electrons. The van der Waals surface area contributed by atoms with Gasteiger partial charge in [-0.3, -0.25) is 4.90 Å². The first-order valence-electron chi connectivity index (χ1n) is 6.59. The SMILES string of the molecule is CC1CN(Cc2c(F)ccc(Br)c2F)C(C)CCN1. The average molecular weight is 333 g/mol. The lowest BCUT2D eigenvalue weighted by molar-refractivity contribution is 0.193. The fourth-order valence-corrected chi connectivity index (χ4v) is 2.83. The molecule has 19 heavy (non-hydrogen) atoms. The van der Waals surface area contributed by atoms with E-state index in [4.69, 9.17) is 0 Å². The second-order valence-corrected chi connectivity index (χ2v) is 6.10. The summed E-state index contributed by atoms with van der Waals surface area (Å²) >= 11 is 3.11. The minimum Gasteiger partial charge on any atom is -0.313 e. The molecular formula is C14H19BrF2N2. The van der Waals surface area contributed by atoms with E-state index >= 15 is 0 Å². The molecular weight excluding hydrogens is 314 g/mol. The molecule has 1 saturated heterocycles. The summed E-state index contributed by atoms with van der Waals surface area (Å²) in [4.78, 5) is 2.14. The highest BCUT2D eigenvalue weighted by Gasteiger charge is 2.23. The number of halogens is 3. The van der Waals surface area contributed by atoms with Gasteiger partial charge in [-0.25, -0.2) is 8.78 Å². The van der Waals surface area contributed by atoms with Gasteiger partial charge in [0.25, 0.3) is 0 Å². The normalized spacial score (nSPS) is 25.3. The summed E-state index contributed by atoms with van der Waals surface area (Å²) in [7, 11) is 0. The van der Waals surface area contributed by atoms with Gasteiger partial charge in [-0.15, -0.1) is 0 Å². The van der Waals surface area contributed by atoms with E-state index in [1.54, 1.807) is 0 Å². The Labute approximate surface area is 121 Å². The van der Waals surface area contributed by atoms with E-state index in [9.17, 15) is 8.78 Å². The minimum atomic E-state index is -0.489. The molecule has 106 valence electrons. The fraction of sp³-hybridized carbons (Fsp3) is 0.571. The average Bonchev–Trinajstić information content (AvgIpc) is 2.52. The van der Waals surface area contributed by atoms with Gasteiger partial charge >= 0.3 is 0 Å². The van der Waals surface area contributed by atoms with Crippen LogP contribution in [0.25, 0.3) is 0 Å². The summed E-state index contributed by atoms with van der Waals surface area (Å²) in [6, 6.07) is 3.37. The van der Waals surface area contributed by atoms with E-state index in [1.807, 2.05) is 0 Å². The number of hydrogen-bond acceptors (Lipinski definition) is 2. The molecule has 2 nitrogen and oxygen atoms in total. The number of nitrogens with one attached hydrogen (secondary N) is 1. The lowest BCUT2D eigenvalue weighted by Crippen LogP contribution is -2.38. The van der Waals surface area contributed by atoms with Crippen LogP contribution in [-0.2, 0) is 6.54 Å². The molecule has 0 bridgehead atoms. The summed E-state index contributed by atoms with van der Waals surface area (Å²) in [6.45, 7) is 6.26. The molecule has 0 aromatic heterocycles. The van der Waals surface area contributed by atoms with Crippen molar-refractivity contribution in [2.75, 3.05) is 13.1 Å². The highest BCUT2D eigenvalue weighted by Crippen LogP contribution is 2.24. The number of nitrogens with zero attached hydrogens (tertiary/aromatic N) is 1. The van der Waals surface area contributed by atoms with Gasteiger partial charge in [-0.1, -0.05) is 0 Å². The van der Waals surface area contributed by atoms with Crippen molar-refractivity contribution in [3.8, 4) is 0 Å². The Kier molecular flexibility index (Phi) is 4.92. The molecule has 0 saturated carbocycles. The van der Waals surface area contributed by atoms with Crippen molar-refractivity contribution in [2.24, 2.45) is 0 Å². The molecule has 2 unspecified atom stereocenters. The molecule has 1 aromatic carbocycles. The Hall–Kier alpha value is -0.520. The maximum atomic E-state index is 14.0. The highest BCUT2D eigenvalue weighted by molar-refractivity contribution is 9.10. The molecule has 1 aromatic rings. The van der Waals surface area contributed by atoms with Crippen LogP contribution in [-0.4, -0.2) is 30.1 Å². The zero-order valence-electron chi connectivity index (χ0n) is 11.2. The Morgan fingerprint density at radius 3 is 2.84 bits per heavy atom. The first kappa shape index (κ1) is 14.9. The van der Waals surface area contributed by atoms with Gasteiger partial charge in [0, 0.05) is 30.7 Å². The first-order valence-corrected chi connectivity index (χ1v) is 7.38. The summed E-state index contributed by atoms with van der Waals surface area (Å²) < 4.78 is 28.1. The quantitative estimate of drug-likeness (QED) is 0.836. The van der Waals surface area contributed by atoms with Crippen LogP contribution >= 0.6 is 15.9 Å². The van der Waals surface area contributed by atoms with Crippen LogP contribution in [0.4, 0.5) is 8.78 Å². The van der Waals surface area contributed by atoms with Crippen molar-refractivity contribution in [1.29, 1.82) is 0 Å². The highest BCUT2D eigenvalue weighted by atomic mass is 79.9. The number of rotatable bonds is 2. The van der Waals surface area contributed by atoms with Gasteiger partial charge in [0.1, 0.15) is 11.6 Å². The smallest absolute Gasteiger partial charge is 0.144 e. The third kappa shape index (κ3) is 3.52. The zero-order chi connectivity index (χ0) is 14.0. The number of hydrogen-bond donors (Lipinski definition) is 1. The molecule has 0 spiro atoms. The second kappa shape index (κ2) is 6.29. The molecule has 2 rings (SSSR count). The Morgan fingerprint density at radius 2 is 2.11 bits per heavy atom. The lowest BCUT2D eigenvalue weighted by atomic mass is 10.1. The minimum absolute atomic E-state index is 0.148. The van der Waals surface area contributed by atoms with E-state index in [2.05, 4.69) is 40.0 Å². The summed E-state index contributed by atoms with van der Waals surface area (Å²) in [5, 5.41) is 3.39. The number of benzene rings is 1. The van der Waals surface area contributed by atoms with Crippen LogP contribution in [0.15, 0.2) is 16.6 Å². The van der Waals surface area contributed by atoms with Crippen molar-refractivity contribution >= 4 is 15.9 Å². The van der Waals surface area contributed by atoms with Crippen LogP contribution < -0.4 is 5.32 Å². The van der Waals surface area contributed by atoms with Crippen molar-refractivity contribution in [2.45, 2.75) is 38.9 Å². The Bertz CT molecular complexity index is 453. The third-order valence-electron chi connectivity index (χ3n) is 3.69. The van der Waals surface area contributed by atoms with Crippen molar-refractivity contribution in [3.63, 3.8) is 0 Å². The van der Waals surface area contributed by atoms with Crippen molar-refractivity contribution in [3.05, 3.63) is 33.8 Å². The Balaban J connectivity index is 2.21. The van der Waals surface area contributed by atoms with Crippen LogP contribution in [0, 0.1) is 11.6 Å². The summed E-state index contributed by atoms with van der Waals surface area (Å²) in [5.41, 5.74) is 0.148. The third-order valence-corrected chi connectivity index (χ3v) is 4.30. The predicted octanol–water partition coefficient (Wildman–Crippen LogP) is 3.30. The molecule has 0 amide bonds. The molecule has 1 fully saturated rings. The standard InChI is InChI=1S/C14H19BrF2N2/c1-9-7-19(10(2)5-6-18-9)8-11-13(16)4-3-12(15)14(11)17/h3-4,9-10,18H,5-8H2,1-2H3. The molecule has 2 atom stereocenters. The van der Waals surface area contributed by atoms with Gasteiger partial charge in [0.2, 0.25) is 0 Å². The van der Waals surface area contributed by atoms with Gasteiger partial charge in [-0.05, 0) is 54.9 Å². The summed E-state index contributed by atoms with van der Waals surface area (Å²) in [6.07, 6.45) is 0.988. The van der Waals surface area contributed by atoms with Gasteiger partial charge in [0.05, 0.1) is 4.47 Å². The second-order valence-electron chi connectivity index (χ2n) is 5.24. The van der Waals surface area contributed by atoms with Crippen LogP contribution in [0.2, 0.25) is 0 Å². The van der Waals surface area contributed by atoms with E-state index in [-0.39, 0.29) is 5.56 Å². The molecule has 5 heteroatoms. The van der Waals surface area contributed by atoms with Crippen LogP contribution in [0.3, 0.4) is 0 Å². The van der Waals surface area contributed by atoms with E-state index in [0.717, 1.165) is 19.5 Å².